The molecule has 1 aromatic rings. The lowest BCUT2D eigenvalue weighted by Crippen LogP contribution is -2.38. The maximum Gasteiger partial charge on any atom is 0.371 e. The molecule has 5 nitrogen and oxygen atoms in total. The van der Waals surface area contributed by atoms with E-state index >= 15 is 0 Å². The molecule has 0 amide bonds. The summed E-state index contributed by atoms with van der Waals surface area (Å²) in [6, 6.07) is 3.48. The van der Waals surface area contributed by atoms with Crippen molar-refractivity contribution in [1.29, 1.82) is 0 Å². The molecular formula is C13H19NO4. The number of furan rings is 1. The molecule has 18 heavy (non-hydrogen) atoms. The number of carboxylic acids is 1. The molecule has 1 saturated carbocycles. The van der Waals surface area contributed by atoms with Gasteiger partial charge in [-0.25, -0.2) is 4.79 Å². The van der Waals surface area contributed by atoms with Gasteiger partial charge in [0.2, 0.25) is 5.76 Å². The van der Waals surface area contributed by atoms with Crippen molar-refractivity contribution in [3.05, 3.63) is 17.9 Å². The Balaban J connectivity index is 2.14. The number of carboxylic acid groups (broad SMARTS) is 1. The molecule has 1 aromatic heterocycles. The van der Waals surface area contributed by atoms with Gasteiger partial charge in [0.25, 0.3) is 0 Å². The monoisotopic (exact) mass is 253 g/mol. The number of hydrogen-bond acceptors (Lipinski definition) is 4. The maximum atomic E-state index is 10.8. The van der Waals surface area contributed by atoms with Gasteiger partial charge in [-0.15, -0.1) is 0 Å². The molecular weight excluding hydrogens is 234 g/mol. The second-order valence-corrected chi connectivity index (χ2v) is 4.65. The fraction of sp³-hybridized carbons (Fsp3) is 0.615. The summed E-state index contributed by atoms with van der Waals surface area (Å²) in [7, 11) is 0. The Morgan fingerprint density at radius 3 is 2.61 bits per heavy atom. The van der Waals surface area contributed by atoms with E-state index in [9.17, 15) is 4.79 Å². The largest absolute Gasteiger partial charge is 0.475 e. The number of nitrogens with zero attached hydrogens (tertiary/aromatic N) is 1. The Morgan fingerprint density at radius 2 is 2.06 bits per heavy atom. The maximum absolute atomic E-state index is 10.8. The lowest BCUT2D eigenvalue weighted by atomic mass is 9.94. The first-order chi connectivity index (χ1) is 8.72. The molecule has 1 fully saturated rings. The third-order valence-electron chi connectivity index (χ3n) is 3.44. The smallest absolute Gasteiger partial charge is 0.371 e. The minimum atomic E-state index is -1.06. The van der Waals surface area contributed by atoms with Crippen LogP contribution in [0.15, 0.2) is 16.5 Å². The molecule has 0 aromatic carbocycles. The summed E-state index contributed by atoms with van der Waals surface area (Å²) < 4.78 is 5.33. The number of rotatable bonds is 5. The number of anilines is 1. The molecule has 0 radical (unpaired) electrons. The van der Waals surface area contributed by atoms with Crippen molar-refractivity contribution in [3.8, 4) is 0 Å². The summed E-state index contributed by atoms with van der Waals surface area (Å²) in [6.07, 6.45) is 5.76. The van der Waals surface area contributed by atoms with E-state index in [0.717, 1.165) is 12.8 Å². The minimum absolute atomic E-state index is 0.0413. The first-order valence-electron chi connectivity index (χ1n) is 6.43. The normalized spacial score (nSPS) is 16.7. The van der Waals surface area contributed by atoms with Gasteiger partial charge in [-0.3, -0.25) is 0 Å². The van der Waals surface area contributed by atoms with Gasteiger partial charge in [0.05, 0.1) is 6.61 Å². The molecule has 0 atom stereocenters. The minimum Gasteiger partial charge on any atom is -0.475 e. The van der Waals surface area contributed by atoms with Crippen LogP contribution < -0.4 is 4.90 Å². The van der Waals surface area contributed by atoms with Crippen LogP contribution in [0, 0.1) is 0 Å². The molecule has 0 unspecified atom stereocenters. The van der Waals surface area contributed by atoms with Crippen molar-refractivity contribution in [1.82, 2.24) is 0 Å². The van der Waals surface area contributed by atoms with Crippen LogP contribution in [-0.2, 0) is 0 Å². The molecule has 1 heterocycles. The van der Waals surface area contributed by atoms with E-state index in [4.69, 9.17) is 14.6 Å². The van der Waals surface area contributed by atoms with E-state index in [-0.39, 0.29) is 12.4 Å². The molecule has 0 bridgehead atoms. The van der Waals surface area contributed by atoms with Crippen LogP contribution in [-0.4, -0.2) is 35.4 Å². The Morgan fingerprint density at radius 1 is 1.33 bits per heavy atom. The molecule has 2 N–H and O–H groups in total. The van der Waals surface area contributed by atoms with Crippen molar-refractivity contribution >= 4 is 11.9 Å². The van der Waals surface area contributed by atoms with Gasteiger partial charge >= 0.3 is 5.97 Å². The molecule has 0 saturated heterocycles. The van der Waals surface area contributed by atoms with E-state index in [1.54, 1.807) is 6.07 Å². The van der Waals surface area contributed by atoms with Crippen molar-refractivity contribution in [3.63, 3.8) is 0 Å². The summed E-state index contributed by atoms with van der Waals surface area (Å²) >= 11 is 0. The standard InChI is InChI=1S/C13H19NO4/c15-9-8-14(10-4-2-1-3-5-10)12-7-6-11(18-12)13(16)17/h6-7,10,15H,1-5,8-9H2,(H,16,17). The lowest BCUT2D eigenvalue weighted by molar-refractivity contribution is 0.0663. The van der Waals surface area contributed by atoms with Crippen LogP contribution in [0.2, 0.25) is 0 Å². The van der Waals surface area contributed by atoms with Crippen LogP contribution >= 0.6 is 0 Å². The van der Waals surface area contributed by atoms with Crippen LogP contribution in [0.25, 0.3) is 0 Å². The highest BCUT2D eigenvalue weighted by Gasteiger charge is 2.24. The van der Waals surface area contributed by atoms with E-state index in [1.165, 1.54) is 25.3 Å². The van der Waals surface area contributed by atoms with Crippen LogP contribution in [0.1, 0.15) is 42.7 Å². The molecule has 1 aliphatic carbocycles. The highest BCUT2D eigenvalue weighted by atomic mass is 16.4. The molecule has 5 heteroatoms. The van der Waals surface area contributed by atoms with E-state index in [2.05, 4.69) is 0 Å². The highest BCUT2D eigenvalue weighted by Crippen LogP contribution is 2.28. The quantitative estimate of drug-likeness (QED) is 0.840. The fourth-order valence-electron chi connectivity index (χ4n) is 2.57. The van der Waals surface area contributed by atoms with Gasteiger partial charge in [-0.05, 0) is 18.9 Å². The molecule has 0 aliphatic heterocycles. The molecule has 2 rings (SSSR count). The van der Waals surface area contributed by atoms with Gasteiger partial charge in [-0.2, -0.15) is 0 Å². The number of aliphatic hydroxyl groups excluding tert-OH is 1. The summed E-state index contributed by atoms with van der Waals surface area (Å²) in [5, 5.41) is 18.0. The van der Waals surface area contributed by atoms with Gasteiger partial charge in [-0.1, -0.05) is 19.3 Å². The first-order valence-corrected chi connectivity index (χ1v) is 6.43. The SMILES string of the molecule is O=C(O)c1ccc(N(CCO)C2CCCCC2)o1. The van der Waals surface area contributed by atoms with Crippen molar-refractivity contribution in [2.24, 2.45) is 0 Å². The Labute approximate surface area is 106 Å². The number of aromatic carboxylic acids is 1. The average molecular weight is 253 g/mol. The fourth-order valence-corrected chi connectivity index (χ4v) is 2.57. The van der Waals surface area contributed by atoms with E-state index < -0.39 is 5.97 Å². The van der Waals surface area contributed by atoms with Crippen LogP contribution in [0.3, 0.4) is 0 Å². The second kappa shape index (κ2) is 5.91. The van der Waals surface area contributed by atoms with E-state index in [0.29, 0.717) is 18.5 Å². The second-order valence-electron chi connectivity index (χ2n) is 4.65. The topological polar surface area (TPSA) is 73.9 Å². The number of aliphatic hydroxyl groups is 1. The predicted molar refractivity (Wildman–Crippen MR) is 67.0 cm³/mol. The average Bonchev–Trinajstić information content (AvgIpc) is 2.86. The highest BCUT2D eigenvalue weighted by molar-refractivity contribution is 5.84. The van der Waals surface area contributed by atoms with Crippen molar-refractivity contribution in [2.45, 2.75) is 38.1 Å². The zero-order valence-electron chi connectivity index (χ0n) is 10.3. The lowest BCUT2D eigenvalue weighted by Gasteiger charge is -2.33. The zero-order valence-corrected chi connectivity index (χ0v) is 10.3. The van der Waals surface area contributed by atoms with Crippen LogP contribution in [0.4, 0.5) is 5.88 Å². The first kappa shape index (κ1) is 13.0. The van der Waals surface area contributed by atoms with E-state index in [1.807, 2.05) is 4.90 Å². The Hall–Kier alpha value is -1.49. The van der Waals surface area contributed by atoms with Gasteiger partial charge in [0.1, 0.15) is 0 Å². The van der Waals surface area contributed by atoms with Gasteiger partial charge < -0.3 is 19.5 Å². The number of hydrogen-bond donors (Lipinski definition) is 2. The van der Waals surface area contributed by atoms with Gasteiger partial charge in [0, 0.05) is 18.7 Å². The Bertz CT molecular complexity index is 395. The molecule has 100 valence electrons. The summed E-state index contributed by atoms with van der Waals surface area (Å²) in [5.74, 6) is -0.564. The molecule has 0 spiro atoms. The summed E-state index contributed by atoms with van der Waals surface area (Å²) in [4.78, 5) is 12.8. The van der Waals surface area contributed by atoms with Gasteiger partial charge in [0.15, 0.2) is 5.88 Å². The van der Waals surface area contributed by atoms with Crippen molar-refractivity contribution in [2.75, 3.05) is 18.1 Å². The third kappa shape index (κ3) is 2.85. The van der Waals surface area contributed by atoms with Crippen LogP contribution in [0.5, 0.6) is 0 Å². The Kier molecular flexibility index (Phi) is 4.25. The van der Waals surface area contributed by atoms with Crippen molar-refractivity contribution < 1.29 is 19.4 Å². The third-order valence-corrected chi connectivity index (χ3v) is 3.44. The zero-order chi connectivity index (χ0) is 13.0. The summed E-state index contributed by atoms with van der Waals surface area (Å²) in [6.45, 7) is 0.525. The predicted octanol–water partition coefficient (Wildman–Crippen LogP) is 2.11. The summed E-state index contributed by atoms with van der Waals surface area (Å²) in [5.41, 5.74) is 0. The number of carbonyl (C=O) groups is 1. The molecule has 1 aliphatic rings.